The van der Waals surface area contributed by atoms with Crippen molar-refractivity contribution in [3.05, 3.63) is 53.7 Å². The highest BCUT2D eigenvalue weighted by molar-refractivity contribution is 5.90. The average molecular weight is 428 g/mol. The van der Waals surface area contributed by atoms with Crippen LogP contribution in [0.2, 0.25) is 0 Å². The van der Waals surface area contributed by atoms with Crippen LogP contribution in [0.25, 0.3) is 21.9 Å². The molecule has 3 nitrogen and oxygen atoms in total. The van der Waals surface area contributed by atoms with Gasteiger partial charge in [0.25, 0.3) is 0 Å². The van der Waals surface area contributed by atoms with Gasteiger partial charge in [-0.05, 0) is 49.6 Å². The molecule has 1 heterocycles. The lowest BCUT2D eigenvalue weighted by molar-refractivity contribution is -0.189. The van der Waals surface area contributed by atoms with Crippen LogP contribution in [-0.2, 0) is 0 Å². The predicted molar refractivity (Wildman–Crippen MR) is 100 cm³/mol. The molecule has 3 aromatic rings. The molecule has 0 fully saturated rings. The van der Waals surface area contributed by atoms with Gasteiger partial charge in [0.15, 0.2) is 6.10 Å². The Bertz CT molecular complexity index is 1060. The van der Waals surface area contributed by atoms with Crippen molar-refractivity contribution in [2.24, 2.45) is 0 Å². The maximum Gasteiger partial charge on any atom is 0.425 e. The Kier molecular flexibility index (Phi) is 5.66. The zero-order chi connectivity index (χ0) is 22.3. The van der Waals surface area contributed by atoms with E-state index in [9.17, 15) is 26.3 Å². The molecule has 1 unspecified atom stereocenters. The summed E-state index contributed by atoms with van der Waals surface area (Å²) in [5, 5.41) is 7.99. The van der Waals surface area contributed by atoms with Gasteiger partial charge in [-0.3, -0.25) is 0 Å². The van der Waals surface area contributed by atoms with E-state index >= 15 is 0 Å². The van der Waals surface area contributed by atoms with Crippen molar-refractivity contribution in [2.45, 2.75) is 45.1 Å². The Morgan fingerprint density at radius 2 is 1.60 bits per heavy atom. The van der Waals surface area contributed by atoms with E-state index < -0.39 is 24.4 Å². The summed E-state index contributed by atoms with van der Waals surface area (Å²) < 4.78 is 83.3. The lowest BCUT2D eigenvalue weighted by atomic mass is 9.89. The van der Waals surface area contributed by atoms with Crippen LogP contribution in [0.15, 0.2) is 42.6 Å². The van der Waals surface area contributed by atoms with Crippen molar-refractivity contribution < 1.29 is 31.1 Å². The van der Waals surface area contributed by atoms with Gasteiger partial charge in [-0.2, -0.15) is 31.4 Å². The molecule has 0 saturated carbocycles. The number of nitrogens with zero attached hydrogens (tertiary/aromatic N) is 2. The second-order valence-corrected chi connectivity index (χ2v) is 7.11. The quantitative estimate of drug-likeness (QED) is 0.439. The molecule has 0 N–H and O–H groups in total. The van der Waals surface area contributed by atoms with Gasteiger partial charge in [-0.25, -0.2) is 0 Å². The number of hydrogen-bond acceptors (Lipinski definition) is 3. The third kappa shape index (κ3) is 4.49. The van der Waals surface area contributed by atoms with Gasteiger partial charge in [-0.1, -0.05) is 29.8 Å². The first kappa shape index (κ1) is 21.9. The number of rotatable bonds is 4. The maximum absolute atomic E-state index is 13.3. The van der Waals surface area contributed by atoms with Crippen LogP contribution in [0.5, 0.6) is 5.88 Å². The highest BCUT2D eigenvalue weighted by Crippen LogP contribution is 2.40. The van der Waals surface area contributed by atoms with Gasteiger partial charge < -0.3 is 4.74 Å². The van der Waals surface area contributed by atoms with Crippen molar-refractivity contribution in [1.29, 1.82) is 0 Å². The number of alkyl halides is 6. The Morgan fingerprint density at radius 3 is 2.23 bits per heavy atom. The zero-order valence-electron chi connectivity index (χ0n) is 16.3. The minimum atomic E-state index is -4.58. The van der Waals surface area contributed by atoms with Crippen molar-refractivity contribution in [1.82, 2.24) is 10.2 Å². The van der Waals surface area contributed by atoms with Gasteiger partial charge in [0.1, 0.15) is 0 Å². The molecule has 1 aromatic heterocycles. The van der Waals surface area contributed by atoms with Crippen LogP contribution in [0.3, 0.4) is 0 Å². The molecule has 0 bridgehead atoms. The number of ether oxygens (including phenoxy) is 1. The Labute approximate surface area is 168 Å². The van der Waals surface area contributed by atoms with Crippen LogP contribution in [-0.4, -0.2) is 28.7 Å². The second-order valence-electron chi connectivity index (χ2n) is 7.11. The molecule has 0 amide bonds. The van der Waals surface area contributed by atoms with E-state index in [2.05, 4.69) is 10.2 Å². The molecule has 160 valence electrons. The van der Waals surface area contributed by atoms with E-state index in [1.165, 1.54) is 24.4 Å². The van der Waals surface area contributed by atoms with Crippen molar-refractivity contribution in [3.63, 3.8) is 0 Å². The molecule has 2 aromatic carbocycles. The first-order valence-corrected chi connectivity index (χ1v) is 9.04. The SMILES string of the molecule is Cc1ccc(C(C)C(F)(F)F)c(-c2ccc3c(O[C@H](C)C(F)(F)F)nncc3c2)c1. The lowest BCUT2D eigenvalue weighted by Gasteiger charge is -2.20. The minimum absolute atomic E-state index is 0.108. The number of aryl methyl sites for hydroxylation is 1. The smallest absolute Gasteiger partial charge is 0.425 e. The molecule has 0 aliphatic carbocycles. The molecule has 9 heteroatoms. The van der Waals surface area contributed by atoms with Gasteiger partial charge in [-0.15, -0.1) is 5.10 Å². The van der Waals surface area contributed by atoms with E-state index in [4.69, 9.17) is 4.74 Å². The Hall–Kier alpha value is -2.84. The fourth-order valence-electron chi connectivity index (χ4n) is 3.02. The summed E-state index contributed by atoms with van der Waals surface area (Å²) in [5.74, 6) is -1.98. The molecule has 0 aliphatic rings. The minimum Gasteiger partial charge on any atom is -0.463 e. The van der Waals surface area contributed by atoms with E-state index in [-0.39, 0.29) is 16.8 Å². The van der Waals surface area contributed by atoms with E-state index in [0.717, 1.165) is 19.4 Å². The number of fused-ring (bicyclic) bond motifs is 1. The first-order chi connectivity index (χ1) is 13.9. The summed E-state index contributed by atoms with van der Waals surface area (Å²) in [6.45, 7) is 3.71. The molecule has 2 atom stereocenters. The number of hydrogen-bond donors (Lipinski definition) is 0. The molecule has 3 rings (SSSR count). The van der Waals surface area contributed by atoms with Crippen molar-refractivity contribution >= 4 is 10.8 Å². The topological polar surface area (TPSA) is 35.0 Å². The predicted octanol–water partition coefficient (Wildman–Crippen LogP) is 6.60. The molecule has 0 saturated heterocycles. The van der Waals surface area contributed by atoms with Gasteiger partial charge in [0.2, 0.25) is 5.88 Å². The van der Waals surface area contributed by atoms with Crippen LogP contribution in [0, 0.1) is 6.92 Å². The Morgan fingerprint density at radius 1 is 0.900 bits per heavy atom. The third-order valence-electron chi connectivity index (χ3n) is 4.85. The standard InChI is InChI=1S/C21H18F6N2O/c1-11-4-6-16(12(2)20(22,23)24)18(8-11)14-5-7-17-15(9-14)10-28-29-19(17)30-13(3)21(25,26)27/h4-10,12-13H,1-3H3/t12?,13-/m1/s1. The zero-order valence-corrected chi connectivity index (χ0v) is 16.3. The fraction of sp³-hybridized carbons (Fsp3) is 0.333. The highest BCUT2D eigenvalue weighted by atomic mass is 19.4. The van der Waals surface area contributed by atoms with E-state index in [1.54, 1.807) is 25.1 Å². The second kappa shape index (κ2) is 7.77. The van der Waals surface area contributed by atoms with Crippen molar-refractivity contribution in [2.75, 3.05) is 0 Å². The van der Waals surface area contributed by atoms with Crippen LogP contribution in [0.4, 0.5) is 26.3 Å². The lowest BCUT2D eigenvalue weighted by Crippen LogP contribution is -2.31. The monoisotopic (exact) mass is 428 g/mol. The summed E-state index contributed by atoms with van der Waals surface area (Å²) in [6.07, 6.45) is -9.75. The fourth-order valence-corrected chi connectivity index (χ4v) is 3.02. The number of halogens is 6. The van der Waals surface area contributed by atoms with E-state index in [0.29, 0.717) is 16.5 Å². The largest absolute Gasteiger partial charge is 0.463 e. The normalized spacial score (nSPS) is 14.6. The summed E-state index contributed by atoms with van der Waals surface area (Å²) in [4.78, 5) is 0. The summed E-state index contributed by atoms with van der Waals surface area (Å²) in [6, 6.07) is 9.28. The molecule has 30 heavy (non-hydrogen) atoms. The molecular formula is C21H18F6N2O. The van der Waals surface area contributed by atoms with Gasteiger partial charge in [0.05, 0.1) is 12.1 Å². The number of aromatic nitrogens is 2. The average Bonchev–Trinajstić information content (AvgIpc) is 2.65. The third-order valence-corrected chi connectivity index (χ3v) is 4.85. The molecular weight excluding hydrogens is 410 g/mol. The van der Waals surface area contributed by atoms with Gasteiger partial charge in [0, 0.05) is 10.8 Å². The molecule has 0 radical (unpaired) electrons. The van der Waals surface area contributed by atoms with Gasteiger partial charge >= 0.3 is 12.4 Å². The van der Waals surface area contributed by atoms with E-state index in [1.807, 2.05) is 0 Å². The van der Waals surface area contributed by atoms with Crippen molar-refractivity contribution in [3.8, 4) is 17.0 Å². The van der Waals surface area contributed by atoms with Crippen LogP contribution >= 0.6 is 0 Å². The maximum atomic E-state index is 13.3. The molecule has 0 aliphatic heterocycles. The summed E-state index contributed by atoms with van der Waals surface area (Å²) in [7, 11) is 0. The Balaban J connectivity index is 2.09. The highest BCUT2D eigenvalue weighted by Gasteiger charge is 2.39. The summed E-state index contributed by atoms with van der Waals surface area (Å²) in [5.41, 5.74) is 1.76. The number of benzene rings is 2. The summed E-state index contributed by atoms with van der Waals surface area (Å²) >= 11 is 0. The first-order valence-electron chi connectivity index (χ1n) is 9.04. The van der Waals surface area contributed by atoms with Crippen LogP contribution < -0.4 is 4.74 Å². The molecule has 0 spiro atoms. The van der Waals surface area contributed by atoms with Crippen LogP contribution in [0.1, 0.15) is 30.9 Å².